The van der Waals surface area contributed by atoms with E-state index in [0.717, 1.165) is 24.5 Å². The molecule has 0 fully saturated rings. The number of rotatable bonds is 2. The molecule has 2 aromatic carbocycles. The summed E-state index contributed by atoms with van der Waals surface area (Å²) in [6, 6.07) is 12.8. The highest BCUT2D eigenvalue weighted by atomic mass is 35.5. The van der Waals surface area contributed by atoms with Crippen LogP contribution >= 0.6 is 11.6 Å². The fraction of sp³-hybridized carbons (Fsp3) is 0.200. The van der Waals surface area contributed by atoms with Crippen molar-refractivity contribution in [1.82, 2.24) is 0 Å². The van der Waals surface area contributed by atoms with Crippen LogP contribution in [-0.4, -0.2) is 13.1 Å². The molecule has 1 heterocycles. The first kappa shape index (κ1) is 12.3. The standard InChI is InChI=1S/C15H14ClFN2/c16-12-5-6-13(17)11(9-12)10-19-8-7-18-14-3-1-2-4-15(14)19/h1-6,9,18H,7-8,10H2. The predicted molar refractivity (Wildman–Crippen MR) is 77.4 cm³/mol. The van der Waals surface area contributed by atoms with Gasteiger partial charge in [0.05, 0.1) is 11.4 Å². The predicted octanol–water partition coefficient (Wildman–Crippen LogP) is 3.91. The van der Waals surface area contributed by atoms with E-state index in [1.165, 1.54) is 6.07 Å². The van der Waals surface area contributed by atoms with Gasteiger partial charge in [0.1, 0.15) is 5.82 Å². The Morgan fingerprint density at radius 3 is 2.95 bits per heavy atom. The molecule has 0 bridgehead atoms. The molecule has 2 nitrogen and oxygen atoms in total. The molecule has 4 heteroatoms. The lowest BCUT2D eigenvalue weighted by molar-refractivity contribution is 0.604. The molecule has 0 radical (unpaired) electrons. The Balaban J connectivity index is 1.90. The van der Waals surface area contributed by atoms with E-state index in [1.807, 2.05) is 24.3 Å². The molecule has 0 amide bonds. The van der Waals surface area contributed by atoms with E-state index in [9.17, 15) is 4.39 Å². The van der Waals surface area contributed by atoms with E-state index in [-0.39, 0.29) is 5.82 Å². The van der Waals surface area contributed by atoms with Gasteiger partial charge >= 0.3 is 0 Å². The molecule has 1 aliphatic heterocycles. The van der Waals surface area contributed by atoms with Crippen molar-refractivity contribution in [2.24, 2.45) is 0 Å². The van der Waals surface area contributed by atoms with Gasteiger partial charge in [0.25, 0.3) is 0 Å². The number of benzene rings is 2. The van der Waals surface area contributed by atoms with Gasteiger partial charge < -0.3 is 10.2 Å². The molecule has 3 rings (SSSR count). The van der Waals surface area contributed by atoms with Crippen LogP contribution in [0.2, 0.25) is 5.02 Å². The fourth-order valence-corrected chi connectivity index (χ4v) is 2.57. The molecule has 2 aromatic rings. The van der Waals surface area contributed by atoms with Crippen LogP contribution in [0.5, 0.6) is 0 Å². The summed E-state index contributed by atoms with van der Waals surface area (Å²) in [6.07, 6.45) is 0. The third-order valence-corrected chi connectivity index (χ3v) is 3.55. The Hall–Kier alpha value is -1.74. The van der Waals surface area contributed by atoms with Crippen molar-refractivity contribution in [3.8, 4) is 0 Å². The summed E-state index contributed by atoms with van der Waals surface area (Å²) in [5, 5.41) is 3.91. The van der Waals surface area contributed by atoms with E-state index in [1.54, 1.807) is 12.1 Å². The molecular formula is C15H14ClFN2. The number of nitrogens with one attached hydrogen (secondary N) is 1. The zero-order chi connectivity index (χ0) is 13.2. The van der Waals surface area contributed by atoms with Gasteiger partial charge in [-0.25, -0.2) is 4.39 Å². The quantitative estimate of drug-likeness (QED) is 0.895. The van der Waals surface area contributed by atoms with Crippen molar-refractivity contribution in [3.63, 3.8) is 0 Å². The average Bonchev–Trinajstić information content (AvgIpc) is 2.43. The molecular weight excluding hydrogens is 263 g/mol. The summed E-state index contributed by atoms with van der Waals surface area (Å²) >= 11 is 5.94. The van der Waals surface area contributed by atoms with Crippen LogP contribution in [0.25, 0.3) is 0 Å². The van der Waals surface area contributed by atoms with Gasteiger partial charge in [-0.3, -0.25) is 0 Å². The fourth-order valence-electron chi connectivity index (χ4n) is 2.38. The Kier molecular flexibility index (Phi) is 3.30. The second-order valence-corrected chi connectivity index (χ2v) is 5.04. The minimum Gasteiger partial charge on any atom is -0.382 e. The Labute approximate surface area is 116 Å². The van der Waals surface area contributed by atoms with Gasteiger partial charge in [0.15, 0.2) is 0 Å². The van der Waals surface area contributed by atoms with Crippen molar-refractivity contribution >= 4 is 23.0 Å². The monoisotopic (exact) mass is 276 g/mol. The summed E-state index contributed by atoms with van der Waals surface area (Å²) in [5.41, 5.74) is 2.83. The molecule has 0 saturated heterocycles. The number of hydrogen-bond donors (Lipinski definition) is 1. The van der Waals surface area contributed by atoms with Crippen molar-refractivity contribution in [2.75, 3.05) is 23.3 Å². The topological polar surface area (TPSA) is 15.3 Å². The minimum atomic E-state index is -0.208. The van der Waals surface area contributed by atoms with Crippen molar-refractivity contribution in [1.29, 1.82) is 0 Å². The SMILES string of the molecule is Fc1ccc(Cl)cc1CN1CCNc2ccccc21. The number of nitrogens with zero attached hydrogens (tertiary/aromatic N) is 1. The highest BCUT2D eigenvalue weighted by Gasteiger charge is 2.17. The van der Waals surface area contributed by atoms with Crippen LogP contribution in [0.3, 0.4) is 0 Å². The minimum absolute atomic E-state index is 0.208. The molecule has 0 spiro atoms. The normalized spacial score (nSPS) is 13.9. The van der Waals surface area contributed by atoms with Gasteiger partial charge in [-0.1, -0.05) is 23.7 Å². The zero-order valence-corrected chi connectivity index (χ0v) is 11.1. The second-order valence-electron chi connectivity index (χ2n) is 4.60. The molecule has 0 atom stereocenters. The Bertz CT molecular complexity index is 600. The lowest BCUT2D eigenvalue weighted by atomic mass is 10.1. The third-order valence-electron chi connectivity index (χ3n) is 3.31. The third kappa shape index (κ3) is 2.51. The van der Waals surface area contributed by atoms with E-state index in [2.05, 4.69) is 10.2 Å². The molecule has 1 aliphatic rings. The molecule has 0 unspecified atom stereocenters. The largest absolute Gasteiger partial charge is 0.382 e. The van der Waals surface area contributed by atoms with Crippen molar-refractivity contribution < 1.29 is 4.39 Å². The zero-order valence-electron chi connectivity index (χ0n) is 10.4. The molecule has 19 heavy (non-hydrogen) atoms. The Morgan fingerprint density at radius 2 is 2.05 bits per heavy atom. The average molecular weight is 277 g/mol. The summed E-state index contributed by atoms with van der Waals surface area (Å²) < 4.78 is 13.8. The van der Waals surface area contributed by atoms with Gasteiger partial charge in [0.2, 0.25) is 0 Å². The molecule has 0 saturated carbocycles. The summed E-state index contributed by atoms with van der Waals surface area (Å²) in [4.78, 5) is 2.17. The highest BCUT2D eigenvalue weighted by Crippen LogP contribution is 2.30. The van der Waals surface area contributed by atoms with Gasteiger partial charge in [-0.05, 0) is 30.3 Å². The van der Waals surface area contributed by atoms with Crippen LogP contribution in [0.4, 0.5) is 15.8 Å². The molecule has 0 aromatic heterocycles. The van der Waals surface area contributed by atoms with E-state index in [4.69, 9.17) is 11.6 Å². The van der Waals surface area contributed by atoms with Crippen LogP contribution in [0, 0.1) is 5.82 Å². The number of para-hydroxylation sites is 2. The number of halogens is 2. The van der Waals surface area contributed by atoms with Crippen molar-refractivity contribution in [2.45, 2.75) is 6.54 Å². The first-order valence-corrected chi connectivity index (χ1v) is 6.63. The first-order valence-electron chi connectivity index (χ1n) is 6.26. The summed E-state index contributed by atoms with van der Waals surface area (Å²) in [7, 11) is 0. The number of hydrogen-bond acceptors (Lipinski definition) is 2. The summed E-state index contributed by atoms with van der Waals surface area (Å²) in [6.45, 7) is 2.24. The maximum Gasteiger partial charge on any atom is 0.128 e. The first-order chi connectivity index (χ1) is 9.24. The van der Waals surface area contributed by atoms with Crippen LogP contribution in [0.15, 0.2) is 42.5 Å². The molecule has 0 aliphatic carbocycles. The van der Waals surface area contributed by atoms with E-state index < -0.39 is 0 Å². The van der Waals surface area contributed by atoms with Crippen LogP contribution < -0.4 is 10.2 Å². The van der Waals surface area contributed by atoms with Gasteiger partial charge in [-0.2, -0.15) is 0 Å². The maximum absolute atomic E-state index is 13.8. The lowest BCUT2D eigenvalue weighted by Crippen LogP contribution is -2.33. The molecule has 98 valence electrons. The van der Waals surface area contributed by atoms with Crippen LogP contribution in [-0.2, 0) is 6.54 Å². The van der Waals surface area contributed by atoms with E-state index in [0.29, 0.717) is 17.1 Å². The number of anilines is 2. The second kappa shape index (κ2) is 5.10. The van der Waals surface area contributed by atoms with Crippen LogP contribution in [0.1, 0.15) is 5.56 Å². The summed E-state index contributed by atoms with van der Waals surface area (Å²) in [5.74, 6) is -0.208. The van der Waals surface area contributed by atoms with Crippen molar-refractivity contribution in [3.05, 3.63) is 58.9 Å². The van der Waals surface area contributed by atoms with E-state index >= 15 is 0 Å². The van der Waals surface area contributed by atoms with Gasteiger partial charge in [0, 0.05) is 30.2 Å². The smallest absolute Gasteiger partial charge is 0.128 e. The number of fused-ring (bicyclic) bond motifs is 1. The van der Waals surface area contributed by atoms with Gasteiger partial charge in [-0.15, -0.1) is 0 Å². The Morgan fingerprint density at radius 1 is 1.21 bits per heavy atom. The maximum atomic E-state index is 13.8. The molecule has 1 N–H and O–H groups in total. The highest BCUT2D eigenvalue weighted by molar-refractivity contribution is 6.30. The lowest BCUT2D eigenvalue weighted by Gasteiger charge is -2.32.